The minimum atomic E-state index is -0.126. The van der Waals surface area contributed by atoms with E-state index in [1.54, 1.807) is 6.07 Å². The topological polar surface area (TPSA) is 34.9 Å². The molecule has 11 heavy (non-hydrogen) atoms. The Morgan fingerprint density at radius 1 is 1.64 bits per heavy atom. The first-order chi connectivity index (χ1) is 5.15. The van der Waals surface area contributed by atoms with Crippen LogP contribution in [-0.4, -0.2) is 24.5 Å². The molecule has 4 heteroatoms. The van der Waals surface area contributed by atoms with Gasteiger partial charge >= 0.3 is 71.1 Å². The Bertz CT molecular complexity index is 319. The summed E-state index contributed by atoms with van der Waals surface area (Å²) in [5.41, 5.74) is 0.850. The van der Waals surface area contributed by atoms with Crippen LogP contribution in [0.25, 0.3) is 0 Å². The summed E-state index contributed by atoms with van der Waals surface area (Å²) < 4.78 is 2.86. The molecule has 0 radical (unpaired) electrons. The molecule has 0 bridgehead atoms. The molecule has 0 atom stereocenters. The van der Waals surface area contributed by atoms with Crippen molar-refractivity contribution in [1.82, 2.24) is 9.55 Å². The monoisotopic (exact) mass is 218 g/mol. The second kappa shape index (κ2) is 3.20. The van der Waals surface area contributed by atoms with Crippen LogP contribution in [0, 0.1) is 6.92 Å². The van der Waals surface area contributed by atoms with E-state index in [2.05, 4.69) is 4.98 Å². The van der Waals surface area contributed by atoms with Crippen LogP contribution in [0.1, 0.15) is 5.69 Å². The molecule has 0 fully saturated rings. The summed E-state index contributed by atoms with van der Waals surface area (Å²) >= 11 is 0.292. The van der Waals surface area contributed by atoms with Gasteiger partial charge < -0.3 is 0 Å². The van der Waals surface area contributed by atoms with E-state index >= 15 is 0 Å². The third-order valence-corrected chi connectivity index (χ3v) is 3.07. The van der Waals surface area contributed by atoms with Gasteiger partial charge in [-0.2, -0.15) is 0 Å². The predicted molar refractivity (Wildman–Crippen MR) is 45.5 cm³/mol. The summed E-state index contributed by atoms with van der Waals surface area (Å²) in [6.07, 6.45) is 0. The molecule has 0 aliphatic carbocycles. The quantitative estimate of drug-likeness (QED) is 0.592. The molecule has 1 aromatic heterocycles. The Kier molecular flexibility index (Phi) is 2.47. The number of nitrogens with zero attached hydrogens (tertiary/aromatic N) is 2. The number of aryl methyl sites for hydroxylation is 1. The van der Waals surface area contributed by atoms with Gasteiger partial charge in [-0.1, -0.05) is 0 Å². The van der Waals surface area contributed by atoms with Crippen LogP contribution in [0.2, 0.25) is 5.82 Å². The first-order valence-electron chi connectivity index (χ1n) is 3.24. The SMILES string of the molecule is C[Se]c1nc(=O)cc(C)n1C. The van der Waals surface area contributed by atoms with Crippen LogP contribution in [0.5, 0.6) is 0 Å². The maximum absolute atomic E-state index is 10.9. The standard InChI is InChI=1S/C7H10N2OSe/c1-5-4-6(10)8-7(11-3)9(5)2/h4H,1-3H3. The Morgan fingerprint density at radius 2 is 2.27 bits per heavy atom. The van der Waals surface area contributed by atoms with Crippen LogP contribution in [0.4, 0.5) is 0 Å². The minimum absolute atomic E-state index is 0.126. The van der Waals surface area contributed by atoms with Crippen LogP contribution >= 0.6 is 0 Å². The van der Waals surface area contributed by atoms with Crippen LogP contribution in [-0.2, 0) is 7.05 Å². The zero-order chi connectivity index (χ0) is 8.43. The molecule has 0 saturated carbocycles. The molecule has 1 rings (SSSR count). The summed E-state index contributed by atoms with van der Waals surface area (Å²) in [5.74, 6) is 2.05. The maximum atomic E-state index is 10.9. The molecule has 0 amide bonds. The van der Waals surface area contributed by atoms with E-state index in [0.717, 1.165) is 10.4 Å². The average Bonchev–Trinajstić information content (AvgIpc) is 1.96. The summed E-state index contributed by atoms with van der Waals surface area (Å²) in [6, 6.07) is 1.55. The molecule has 0 unspecified atom stereocenters. The second-order valence-electron chi connectivity index (χ2n) is 2.28. The third kappa shape index (κ3) is 1.70. The zero-order valence-corrected chi connectivity index (χ0v) is 8.50. The second-order valence-corrected chi connectivity index (χ2v) is 3.90. The molecule has 60 valence electrons. The van der Waals surface area contributed by atoms with Crippen molar-refractivity contribution in [3.63, 3.8) is 0 Å². The fraction of sp³-hybridized carbons (Fsp3) is 0.429. The van der Waals surface area contributed by atoms with Gasteiger partial charge in [-0.15, -0.1) is 0 Å². The Morgan fingerprint density at radius 3 is 2.82 bits per heavy atom. The molecule has 1 heterocycles. The molecular formula is C7H10N2OSe. The number of aromatic nitrogens is 2. The first-order valence-corrected chi connectivity index (χ1v) is 5.81. The van der Waals surface area contributed by atoms with Gasteiger partial charge in [0.05, 0.1) is 0 Å². The van der Waals surface area contributed by atoms with Crippen molar-refractivity contribution in [2.24, 2.45) is 7.05 Å². The van der Waals surface area contributed by atoms with Gasteiger partial charge in [0, 0.05) is 0 Å². The van der Waals surface area contributed by atoms with Gasteiger partial charge in [0.15, 0.2) is 0 Å². The van der Waals surface area contributed by atoms with E-state index in [0.29, 0.717) is 15.0 Å². The molecular weight excluding hydrogens is 207 g/mol. The molecule has 3 nitrogen and oxygen atoms in total. The Balaban J connectivity index is 3.36. The van der Waals surface area contributed by atoms with E-state index in [9.17, 15) is 4.79 Å². The van der Waals surface area contributed by atoms with Crippen LogP contribution < -0.4 is 10.3 Å². The zero-order valence-electron chi connectivity index (χ0n) is 6.79. The van der Waals surface area contributed by atoms with Crippen molar-refractivity contribution in [3.05, 3.63) is 22.1 Å². The fourth-order valence-corrected chi connectivity index (χ4v) is 2.07. The van der Waals surface area contributed by atoms with Crippen molar-refractivity contribution in [3.8, 4) is 0 Å². The first kappa shape index (κ1) is 8.50. The summed E-state index contributed by atoms with van der Waals surface area (Å²) in [4.78, 5) is 14.8. The van der Waals surface area contributed by atoms with E-state index in [-0.39, 0.29) is 5.56 Å². The van der Waals surface area contributed by atoms with Crippen molar-refractivity contribution in [2.75, 3.05) is 0 Å². The van der Waals surface area contributed by atoms with Crippen molar-refractivity contribution >= 4 is 19.7 Å². The van der Waals surface area contributed by atoms with E-state index in [1.807, 2.05) is 24.4 Å². The van der Waals surface area contributed by atoms with Gasteiger partial charge in [0.25, 0.3) is 0 Å². The molecule has 0 N–H and O–H groups in total. The molecule has 0 saturated heterocycles. The third-order valence-electron chi connectivity index (χ3n) is 1.54. The molecule has 0 aliphatic heterocycles. The molecule has 0 spiro atoms. The summed E-state index contributed by atoms with van der Waals surface area (Å²) in [7, 11) is 1.93. The van der Waals surface area contributed by atoms with E-state index in [1.165, 1.54) is 0 Å². The number of hydrogen-bond donors (Lipinski definition) is 0. The summed E-state index contributed by atoms with van der Waals surface area (Å²) in [6.45, 7) is 1.92. The molecule has 0 aliphatic rings. The van der Waals surface area contributed by atoms with Crippen molar-refractivity contribution < 1.29 is 0 Å². The van der Waals surface area contributed by atoms with Crippen molar-refractivity contribution in [2.45, 2.75) is 12.7 Å². The number of rotatable bonds is 1. The van der Waals surface area contributed by atoms with Gasteiger partial charge in [0.2, 0.25) is 0 Å². The molecule has 0 aromatic carbocycles. The van der Waals surface area contributed by atoms with Crippen LogP contribution in [0.3, 0.4) is 0 Å². The van der Waals surface area contributed by atoms with Crippen molar-refractivity contribution in [1.29, 1.82) is 0 Å². The van der Waals surface area contributed by atoms with Gasteiger partial charge in [0.1, 0.15) is 0 Å². The van der Waals surface area contributed by atoms with E-state index in [4.69, 9.17) is 0 Å². The molecule has 1 aromatic rings. The number of hydrogen-bond acceptors (Lipinski definition) is 2. The van der Waals surface area contributed by atoms with Gasteiger partial charge in [-0.3, -0.25) is 0 Å². The fourth-order valence-electron chi connectivity index (χ4n) is 0.810. The Hall–Kier alpha value is -0.601. The Labute approximate surface area is 71.6 Å². The van der Waals surface area contributed by atoms with Gasteiger partial charge in [-0.25, -0.2) is 0 Å². The summed E-state index contributed by atoms with van der Waals surface area (Å²) in [5, 5.41) is 0. The predicted octanol–water partition coefficient (Wildman–Crippen LogP) is -0.534. The average molecular weight is 217 g/mol. The van der Waals surface area contributed by atoms with Crippen LogP contribution in [0.15, 0.2) is 10.9 Å². The van der Waals surface area contributed by atoms with Gasteiger partial charge in [-0.05, 0) is 0 Å². The van der Waals surface area contributed by atoms with E-state index < -0.39 is 0 Å². The normalized spacial score (nSPS) is 10.1.